The van der Waals surface area contributed by atoms with E-state index in [1.807, 2.05) is 0 Å². The third-order valence-corrected chi connectivity index (χ3v) is 2.41. The van der Waals surface area contributed by atoms with E-state index in [0.717, 1.165) is 0 Å². The summed E-state index contributed by atoms with van der Waals surface area (Å²) >= 11 is 2.06. The van der Waals surface area contributed by atoms with Crippen molar-refractivity contribution in [3.8, 4) is 0 Å². The fourth-order valence-corrected chi connectivity index (χ4v) is 1.37. The van der Waals surface area contributed by atoms with Crippen LogP contribution in [0.5, 0.6) is 0 Å². The summed E-state index contributed by atoms with van der Waals surface area (Å²) in [6.45, 7) is 2.23. The number of aryl methyl sites for hydroxylation is 1. The Balaban J connectivity index is 2.52. The zero-order valence-corrected chi connectivity index (χ0v) is 8.85. The van der Waals surface area contributed by atoms with E-state index < -0.39 is 0 Å². The van der Waals surface area contributed by atoms with Crippen LogP contribution in [-0.4, -0.2) is 0 Å². The number of rotatable bonds is 3. The molecule has 0 fully saturated rings. The molecule has 0 aliphatic heterocycles. The van der Waals surface area contributed by atoms with Crippen LogP contribution in [0.1, 0.15) is 25.3 Å². The number of hydrogen-bond donors (Lipinski definition) is 0. The van der Waals surface area contributed by atoms with Crippen molar-refractivity contribution in [2.24, 2.45) is 0 Å². The normalized spacial score (nSPS) is 9.91. The van der Waals surface area contributed by atoms with Gasteiger partial charge in [0.25, 0.3) is 0 Å². The van der Waals surface area contributed by atoms with Gasteiger partial charge in [0.15, 0.2) is 0 Å². The maximum atomic E-state index is 2.23. The fraction of sp³-hybridized carbons (Fsp3) is 0.400. The molecule has 1 rings (SSSR count). The standard InChI is InChI=1S/C10H13.Mo/c1-2-3-7-10-8-5-4-6-9-10;/h5-6,8-9H,2-3,7H2,1H3;. The summed E-state index contributed by atoms with van der Waals surface area (Å²) in [6.07, 6.45) is 3.83. The van der Waals surface area contributed by atoms with Gasteiger partial charge in [0.2, 0.25) is 0 Å². The number of unbranched alkanes of at least 4 members (excludes halogenated alkanes) is 1. The summed E-state index contributed by atoms with van der Waals surface area (Å²) in [5, 5.41) is 0. The zero-order valence-electron chi connectivity index (χ0n) is 6.84. The molecule has 0 bridgehead atoms. The summed E-state index contributed by atoms with van der Waals surface area (Å²) < 4.78 is 1.36. The predicted octanol–water partition coefficient (Wildman–Crippen LogP) is 2.20. The van der Waals surface area contributed by atoms with Crippen molar-refractivity contribution in [2.75, 3.05) is 0 Å². The molecular weight excluding hydrogens is 216 g/mol. The number of benzene rings is 1. The van der Waals surface area contributed by atoms with E-state index in [-0.39, 0.29) is 0 Å². The molecule has 0 nitrogen and oxygen atoms in total. The van der Waals surface area contributed by atoms with Crippen molar-refractivity contribution in [2.45, 2.75) is 26.2 Å². The monoisotopic (exact) mass is 231 g/mol. The van der Waals surface area contributed by atoms with Crippen LogP contribution >= 0.6 is 0 Å². The molecule has 0 unspecified atom stereocenters. The van der Waals surface area contributed by atoms with Crippen LogP contribution < -0.4 is 3.95 Å². The van der Waals surface area contributed by atoms with Crippen molar-refractivity contribution in [1.82, 2.24) is 0 Å². The second-order valence-electron chi connectivity index (χ2n) is 2.75. The first-order valence-electron chi connectivity index (χ1n) is 4.09. The van der Waals surface area contributed by atoms with Crippen molar-refractivity contribution >= 4 is 3.95 Å². The first kappa shape index (κ1) is 9.00. The second-order valence-corrected chi connectivity index (χ2v) is 3.91. The molecule has 0 saturated carbocycles. The van der Waals surface area contributed by atoms with Gasteiger partial charge in [-0.25, -0.2) is 0 Å². The Hall–Kier alpha value is -0.0917. The van der Waals surface area contributed by atoms with Crippen LogP contribution in [0.3, 0.4) is 0 Å². The molecule has 0 aliphatic rings. The summed E-state index contributed by atoms with van der Waals surface area (Å²) in [6, 6.07) is 8.84. The van der Waals surface area contributed by atoms with Gasteiger partial charge in [-0.15, -0.1) is 0 Å². The molecule has 1 aromatic carbocycles. The molecule has 59 valence electrons. The van der Waals surface area contributed by atoms with Gasteiger partial charge >= 0.3 is 79.8 Å². The molecule has 0 amide bonds. The van der Waals surface area contributed by atoms with Crippen LogP contribution in [-0.2, 0) is 26.2 Å². The molecule has 0 heterocycles. The van der Waals surface area contributed by atoms with E-state index in [0.29, 0.717) is 0 Å². The molecule has 0 saturated heterocycles. The van der Waals surface area contributed by atoms with Crippen molar-refractivity contribution in [3.05, 3.63) is 29.8 Å². The van der Waals surface area contributed by atoms with Gasteiger partial charge in [-0.1, -0.05) is 0 Å². The van der Waals surface area contributed by atoms with E-state index in [2.05, 4.69) is 51.0 Å². The summed E-state index contributed by atoms with van der Waals surface area (Å²) in [5.41, 5.74) is 1.47. The topological polar surface area (TPSA) is 0 Å². The van der Waals surface area contributed by atoms with E-state index in [4.69, 9.17) is 0 Å². The van der Waals surface area contributed by atoms with Crippen LogP contribution in [0.15, 0.2) is 24.3 Å². The van der Waals surface area contributed by atoms with Crippen LogP contribution in [0.25, 0.3) is 0 Å². The van der Waals surface area contributed by atoms with Gasteiger partial charge in [-0.3, -0.25) is 0 Å². The molecule has 11 heavy (non-hydrogen) atoms. The van der Waals surface area contributed by atoms with Gasteiger partial charge in [-0.2, -0.15) is 0 Å². The average molecular weight is 229 g/mol. The average Bonchev–Trinajstić information content (AvgIpc) is 2.04. The first-order valence-corrected chi connectivity index (χ1v) is 5.09. The van der Waals surface area contributed by atoms with Crippen LogP contribution in [0, 0.1) is 0 Å². The molecule has 0 atom stereocenters. The second kappa shape index (κ2) is 4.72. The van der Waals surface area contributed by atoms with E-state index in [9.17, 15) is 0 Å². The van der Waals surface area contributed by atoms with E-state index >= 15 is 0 Å². The molecule has 1 heteroatoms. The number of hydrogen-bond acceptors (Lipinski definition) is 0. The van der Waals surface area contributed by atoms with Crippen molar-refractivity contribution in [3.63, 3.8) is 0 Å². The molecule has 0 radical (unpaired) electrons. The Labute approximate surface area is 79.9 Å². The van der Waals surface area contributed by atoms with Gasteiger partial charge < -0.3 is 0 Å². The Morgan fingerprint density at radius 1 is 1.18 bits per heavy atom. The molecule has 0 aromatic heterocycles. The molecule has 0 N–H and O–H groups in total. The molecule has 1 aromatic rings. The Bertz CT molecular complexity index is 201. The first-order chi connectivity index (χ1) is 5.33. The van der Waals surface area contributed by atoms with Crippen molar-refractivity contribution < 1.29 is 19.8 Å². The van der Waals surface area contributed by atoms with Gasteiger partial charge in [0, 0.05) is 0 Å². The van der Waals surface area contributed by atoms with Crippen molar-refractivity contribution in [1.29, 1.82) is 0 Å². The van der Waals surface area contributed by atoms with E-state index in [1.54, 1.807) is 0 Å². The van der Waals surface area contributed by atoms with Crippen LogP contribution in [0.4, 0.5) is 0 Å². The minimum atomic E-state index is 1.23. The Kier molecular flexibility index (Phi) is 3.86. The molecular formula is C10H13Mo. The predicted molar refractivity (Wildman–Crippen MR) is 44.7 cm³/mol. The molecule has 0 spiro atoms. The van der Waals surface area contributed by atoms with Gasteiger partial charge in [0.05, 0.1) is 0 Å². The van der Waals surface area contributed by atoms with Gasteiger partial charge in [-0.05, 0) is 0 Å². The third-order valence-electron chi connectivity index (χ3n) is 1.74. The SMILES string of the molecule is CCCCc1cc[c]([Mo])cc1. The zero-order chi connectivity index (χ0) is 8.10. The Morgan fingerprint density at radius 3 is 2.36 bits per heavy atom. The third kappa shape index (κ3) is 3.20. The Morgan fingerprint density at radius 2 is 1.82 bits per heavy atom. The maximum absolute atomic E-state index is 2.23. The van der Waals surface area contributed by atoms with Crippen LogP contribution in [0.2, 0.25) is 0 Å². The minimum absolute atomic E-state index is 1.23. The molecule has 0 aliphatic carbocycles. The fourth-order valence-electron chi connectivity index (χ4n) is 1.04. The summed E-state index contributed by atoms with van der Waals surface area (Å²) in [4.78, 5) is 0. The quantitative estimate of drug-likeness (QED) is 0.697. The summed E-state index contributed by atoms with van der Waals surface area (Å²) in [5.74, 6) is 0. The van der Waals surface area contributed by atoms with E-state index in [1.165, 1.54) is 28.8 Å². The van der Waals surface area contributed by atoms with Gasteiger partial charge in [0.1, 0.15) is 0 Å². The summed E-state index contributed by atoms with van der Waals surface area (Å²) in [7, 11) is 0.